The Labute approximate surface area is 124 Å². The van der Waals surface area contributed by atoms with Gasteiger partial charge in [-0.25, -0.2) is 8.78 Å². The van der Waals surface area contributed by atoms with Gasteiger partial charge in [0.1, 0.15) is 0 Å². The number of fused-ring (bicyclic) bond motifs is 1. The number of thiophene rings is 1. The fourth-order valence-corrected chi connectivity index (χ4v) is 4.31. The van der Waals surface area contributed by atoms with Crippen LogP contribution in [0.25, 0.3) is 0 Å². The molecule has 1 aliphatic rings. The molecule has 0 bridgehead atoms. The summed E-state index contributed by atoms with van der Waals surface area (Å²) in [5.41, 5.74) is 1.74. The Bertz CT molecular complexity index is 615. The van der Waals surface area contributed by atoms with Crippen molar-refractivity contribution in [2.75, 3.05) is 0 Å². The standard InChI is InChI=1S/C14H10Cl2F2S/c15-9-6-11(18)10(17)5-8(9)14(16)13-4-7-2-1-3-12(7)19-13/h4-6,14H,1-3H2. The van der Waals surface area contributed by atoms with Crippen LogP contribution in [0.1, 0.15) is 32.7 Å². The predicted molar refractivity (Wildman–Crippen MR) is 75.4 cm³/mol. The van der Waals surface area contributed by atoms with E-state index >= 15 is 0 Å². The monoisotopic (exact) mass is 318 g/mol. The van der Waals surface area contributed by atoms with Crippen LogP contribution < -0.4 is 0 Å². The van der Waals surface area contributed by atoms with Crippen molar-refractivity contribution in [2.24, 2.45) is 0 Å². The van der Waals surface area contributed by atoms with Crippen LogP contribution in [0, 0.1) is 11.6 Å². The minimum Gasteiger partial charge on any atom is -0.204 e. The molecule has 0 saturated carbocycles. The van der Waals surface area contributed by atoms with Crippen LogP contribution in [0.3, 0.4) is 0 Å². The molecule has 0 aliphatic heterocycles. The number of aryl methyl sites for hydroxylation is 2. The summed E-state index contributed by atoms with van der Waals surface area (Å²) in [6, 6.07) is 4.12. The molecule has 0 N–H and O–H groups in total. The quantitative estimate of drug-likeness (QED) is 0.507. The van der Waals surface area contributed by atoms with E-state index in [1.807, 2.05) is 0 Å². The molecule has 0 nitrogen and oxygen atoms in total. The van der Waals surface area contributed by atoms with Gasteiger partial charge in [-0.2, -0.15) is 0 Å². The summed E-state index contributed by atoms with van der Waals surface area (Å²) in [6.45, 7) is 0. The second kappa shape index (κ2) is 5.04. The zero-order valence-corrected chi connectivity index (χ0v) is 12.2. The molecule has 2 aromatic rings. The van der Waals surface area contributed by atoms with Crippen molar-refractivity contribution >= 4 is 34.5 Å². The normalized spacial score (nSPS) is 15.6. The lowest BCUT2D eigenvalue weighted by Crippen LogP contribution is -1.95. The van der Waals surface area contributed by atoms with Crippen LogP contribution in [0.5, 0.6) is 0 Å². The van der Waals surface area contributed by atoms with Crippen molar-refractivity contribution in [3.8, 4) is 0 Å². The van der Waals surface area contributed by atoms with Crippen LogP contribution in [0.2, 0.25) is 5.02 Å². The number of alkyl halides is 1. The molecule has 1 heterocycles. The van der Waals surface area contributed by atoms with Crippen molar-refractivity contribution in [1.82, 2.24) is 0 Å². The second-order valence-corrected chi connectivity index (χ2v) is 6.61. The first-order chi connectivity index (χ1) is 9.06. The fraction of sp³-hybridized carbons (Fsp3) is 0.286. The molecule has 0 saturated heterocycles. The Morgan fingerprint density at radius 2 is 1.84 bits per heavy atom. The van der Waals surface area contributed by atoms with E-state index in [0.717, 1.165) is 29.9 Å². The van der Waals surface area contributed by atoms with Gasteiger partial charge in [-0.15, -0.1) is 22.9 Å². The highest BCUT2D eigenvalue weighted by atomic mass is 35.5. The Hall–Kier alpha value is -0.640. The zero-order valence-electron chi connectivity index (χ0n) is 9.85. The van der Waals surface area contributed by atoms with Crippen molar-refractivity contribution in [2.45, 2.75) is 24.6 Å². The van der Waals surface area contributed by atoms with Gasteiger partial charge in [-0.05, 0) is 48.6 Å². The third kappa shape index (κ3) is 2.39. The average Bonchev–Trinajstić information content (AvgIpc) is 2.93. The Kier molecular flexibility index (Phi) is 3.54. The number of hydrogen-bond donors (Lipinski definition) is 0. The summed E-state index contributed by atoms with van der Waals surface area (Å²) in [5, 5.41) is -0.370. The number of rotatable bonds is 2. The minimum atomic E-state index is -0.953. The summed E-state index contributed by atoms with van der Waals surface area (Å²) in [5.74, 6) is -1.87. The summed E-state index contributed by atoms with van der Waals surface area (Å²) >= 11 is 14.0. The van der Waals surface area contributed by atoms with Gasteiger partial charge in [-0.3, -0.25) is 0 Å². The van der Waals surface area contributed by atoms with Crippen molar-refractivity contribution in [1.29, 1.82) is 0 Å². The molecule has 0 spiro atoms. The van der Waals surface area contributed by atoms with Gasteiger partial charge >= 0.3 is 0 Å². The highest BCUT2D eigenvalue weighted by Crippen LogP contribution is 2.41. The van der Waals surface area contributed by atoms with E-state index in [2.05, 4.69) is 6.07 Å². The van der Waals surface area contributed by atoms with Gasteiger partial charge < -0.3 is 0 Å². The van der Waals surface area contributed by atoms with Gasteiger partial charge in [0, 0.05) is 14.8 Å². The molecule has 1 unspecified atom stereocenters. The van der Waals surface area contributed by atoms with E-state index in [-0.39, 0.29) is 5.02 Å². The average molecular weight is 319 g/mol. The van der Waals surface area contributed by atoms with Crippen molar-refractivity contribution < 1.29 is 8.78 Å². The second-order valence-electron chi connectivity index (χ2n) is 4.60. The lowest BCUT2D eigenvalue weighted by atomic mass is 10.1. The first-order valence-electron chi connectivity index (χ1n) is 5.96. The third-order valence-corrected chi connectivity index (χ3v) is 5.56. The maximum Gasteiger partial charge on any atom is 0.160 e. The maximum atomic E-state index is 13.3. The van der Waals surface area contributed by atoms with Gasteiger partial charge in [0.25, 0.3) is 0 Å². The van der Waals surface area contributed by atoms with Gasteiger partial charge in [0.15, 0.2) is 11.6 Å². The smallest absolute Gasteiger partial charge is 0.160 e. The molecule has 5 heteroatoms. The molecule has 100 valence electrons. The van der Waals surface area contributed by atoms with E-state index in [0.29, 0.717) is 5.56 Å². The van der Waals surface area contributed by atoms with Crippen molar-refractivity contribution in [3.63, 3.8) is 0 Å². The van der Waals surface area contributed by atoms with E-state index in [1.54, 1.807) is 11.3 Å². The largest absolute Gasteiger partial charge is 0.204 e. The molecule has 1 aromatic carbocycles. The van der Waals surface area contributed by atoms with Gasteiger partial charge in [0.05, 0.1) is 5.38 Å². The summed E-state index contributed by atoms with van der Waals surface area (Å²) < 4.78 is 26.4. The molecule has 1 atom stereocenters. The highest BCUT2D eigenvalue weighted by molar-refractivity contribution is 7.12. The minimum absolute atomic E-state index is 0.160. The third-order valence-electron chi connectivity index (χ3n) is 3.33. The molecule has 0 amide bonds. The number of hydrogen-bond acceptors (Lipinski definition) is 1. The SMILES string of the molecule is Fc1cc(Cl)c(C(Cl)c2cc3c(s2)CCC3)cc1F. The lowest BCUT2D eigenvalue weighted by molar-refractivity contribution is 0.507. The van der Waals surface area contributed by atoms with Crippen molar-refractivity contribution in [3.05, 3.63) is 55.7 Å². The first-order valence-corrected chi connectivity index (χ1v) is 7.59. The molecule has 1 aliphatic carbocycles. The topological polar surface area (TPSA) is 0 Å². The molecule has 0 radical (unpaired) electrons. The molecule has 1 aromatic heterocycles. The van der Waals surface area contributed by atoms with Crippen LogP contribution in [0.15, 0.2) is 18.2 Å². The number of benzene rings is 1. The van der Waals surface area contributed by atoms with Gasteiger partial charge in [0.2, 0.25) is 0 Å². The summed E-state index contributed by atoms with van der Waals surface area (Å²) in [6.07, 6.45) is 3.33. The highest BCUT2D eigenvalue weighted by Gasteiger charge is 2.22. The first kappa shape index (κ1) is 13.3. The maximum absolute atomic E-state index is 13.3. The lowest BCUT2D eigenvalue weighted by Gasteiger charge is -2.10. The van der Waals surface area contributed by atoms with E-state index in [1.165, 1.54) is 16.9 Å². The Morgan fingerprint density at radius 1 is 1.11 bits per heavy atom. The molecular weight excluding hydrogens is 309 g/mol. The Morgan fingerprint density at radius 3 is 2.58 bits per heavy atom. The van der Waals surface area contributed by atoms with Crippen LogP contribution in [0.4, 0.5) is 8.78 Å². The molecular formula is C14H10Cl2F2S. The van der Waals surface area contributed by atoms with E-state index in [4.69, 9.17) is 23.2 Å². The van der Waals surface area contributed by atoms with Crippen LogP contribution in [-0.4, -0.2) is 0 Å². The summed E-state index contributed by atoms with van der Waals surface area (Å²) in [4.78, 5) is 2.29. The van der Waals surface area contributed by atoms with Crippen LogP contribution >= 0.6 is 34.5 Å². The fourth-order valence-electron chi connectivity index (χ4n) is 2.36. The number of halogens is 4. The Balaban J connectivity index is 1.99. The molecule has 19 heavy (non-hydrogen) atoms. The molecule has 0 fully saturated rings. The van der Waals surface area contributed by atoms with E-state index in [9.17, 15) is 8.78 Å². The summed E-state index contributed by atoms with van der Waals surface area (Å²) in [7, 11) is 0. The van der Waals surface area contributed by atoms with Gasteiger partial charge in [-0.1, -0.05) is 11.6 Å². The van der Waals surface area contributed by atoms with E-state index < -0.39 is 17.0 Å². The van der Waals surface area contributed by atoms with Crippen LogP contribution in [-0.2, 0) is 12.8 Å². The predicted octanol–water partition coefficient (Wildman–Crippen LogP) is 5.50. The zero-order chi connectivity index (χ0) is 13.6. The molecule has 3 rings (SSSR count).